The molecule has 26 heavy (non-hydrogen) atoms. The third-order valence-corrected chi connectivity index (χ3v) is 3.24. The molecule has 3 unspecified atom stereocenters. The lowest BCUT2D eigenvalue weighted by molar-refractivity contribution is -0.142. The SMILES string of the molecule is CC(C)CC(N)C(=O)NC(CC(=O)O)C(=O)NCC(=O)NC(C)C(=O)O. The molecule has 0 saturated heterocycles. The van der Waals surface area contributed by atoms with E-state index in [4.69, 9.17) is 15.9 Å². The molecular weight excluding hydrogens is 348 g/mol. The van der Waals surface area contributed by atoms with E-state index in [0.29, 0.717) is 6.42 Å². The van der Waals surface area contributed by atoms with Gasteiger partial charge in [0.1, 0.15) is 12.1 Å². The highest BCUT2D eigenvalue weighted by Gasteiger charge is 2.26. The second kappa shape index (κ2) is 11.0. The number of carbonyl (C=O) groups is 5. The summed E-state index contributed by atoms with van der Waals surface area (Å²) in [7, 11) is 0. The normalized spacial score (nSPS) is 14.0. The summed E-state index contributed by atoms with van der Waals surface area (Å²) in [6, 6.07) is -3.47. The predicted octanol–water partition coefficient (Wildman–Crippen LogP) is -1.98. The van der Waals surface area contributed by atoms with Gasteiger partial charge in [-0.3, -0.25) is 24.0 Å². The van der Waals surface area contributed by atoms with Gasteiger partial charge in [-0.1, -0.05) is 13.8 Å². The van der Waals surface area contributed by atoms with Crippen LogP contribution in [0.2, 0.25) is 0 Å². The Kier molecular flexibility index (Phi) is 9.89. The van der Waals surface area contributed by atoms with Gasteiger partial charge in [0.15, 0.2) is 0 Å². The fraction of sp³-hybridized carbons (Fsp3) is 0.667. The lowest BCUT2D eigenvalue weighted by Gasteiger charge is -2.20. The standard InChI is InChI=1S/C15H26N4O7/c1-7(2)4-9(16)13(23)19-10(5-12(21)22)14(24)17-6-11(20)18-8(3)15(25)26/h7-10H,4-6,16H2,1-3H3,(H,17,24)(H,18,20)(H,19,23)(H,21,22)(H,25,26). The molecule has 0 aromatic rings. The number of nitrogens with two attached hydrogens (primary N) is 1. The van der Waals surface area contributed by atoms with E-state index in [2.05, 4.69) is 16.0 Å². The van der Waals surface area contributed by atoms with E-state index in [1.807, 2.05) is 13.8 Å². The molecule has 0 aromatic heterocycles. The number of rotatable bonds is 11. The van der Waals surface area contributed by atoms with Gasteiger partial charge < -0.3 is 31.9 Å². The molecule has 0 aliphatic rings. The van der Waals surface area contributed by atoms with Crippen LogP contribution < -0.4 is 21.7 Å². The van der Waals surface area contributed by atoms with Crippen molar-refractivity contribution in [3.8, 4) is 0 Å². The molecule has 0 heterocycles. The van der Waals surface area contributed by atoms with Crippen molar-refractivity contribution in [2.75, 3.05) is 6.54 Å². The third-order valence-electron chi connectivity index (χ3n) is 3.24. The van der Waals surface area contributed by atoms with Gasteiger partial charge in [-0.15, -0.1) is 0 Å². The summed E-state index contributed by atoms with van der Waals surface area (Å²) in [5.74, 6) is -4.79. The Labute approximate surface area is 150 Å². The van der Waals surface area contributed by atoms with Crippen LogP contribution in [-0.2, 0) is 24.0 Å². The molecule has 0 spiro atoms. The van der Waals surface area contributed by atoms with Gasteiger partial charge in [-0.05, 0) is 19.3 Å². The van der Waals surface area contributed by atoms with Gasteiger partial charge in [-0.25, -0.2) is 0 Å². The second-order valence-corrected chi connectivity index (χ2v) is 6.24. The van der Waals surface area contributed by atoms with Crippen molar-refractivity contribution in [3.05, 3.63) is 0 Å². The van der Waals surface area contributed by atoms with Crippen molar-refractivity contribution in [2.24, 2.45) is 11.7 Å². The molecule has 0 rings (SSSR count). The minimum absolute atomic E-state index is 0.127. The topological polar surface area (TPSA) is 188 Å². The molecule has 0 fully saturated rings. The van der Waals surface area contributed by atoms with E-state index < -0.39 is 60.8 Å². The Balaban J connectivity index is 4.74. The Bertz CT molecular complexity index is 550. The molecule has 148 valence electrons. The van der Waals surface area contributed by atoms with Crippen LogP contribution in [0.15, 0.2) is 0 Å². The first-order valence-corrected chi connectivity index (χ1v) is 8.01. The highest BCUT2D eigenvalue weighted by molar-refractivity contribution is 5.94. The lowest BCUT2D eigenvalue weighted by atomic mass is 10.0. The fourth-order valence-electron chi connectivity index (χ4n) is 1.92. The van der Waals surface area contributed by atoms with Crippen molar-refractivity contribution in [1.82, 2.24) is 16.0 Å². The second-order valence-electron chi connectivity index (χ2n) is 6.24. The van der Waals surface area contributed by atoms with E-state index in [9.17, 15) is 24.0 Å². The van der Waals surface area contributed by atoms with E-state index >= 15 is 0 Å². The molecule has 0 bridgehead atoms. The van der Waals surface area contributed by atoms with Crippen molar-refractivity contribution in [2.45, 2.75) is 51.7 Å². The summed E-state index contributed by atoms with van der Waals surface area (Å²) in [6.07, 6.45) is -0.345. The maximum Gasteiger partial charge on any atom is 0.325 e. The molecule has 11 heteroatoms. The van der Waals surface area contributed by atoms with E-state index in [1.54, 1.807) is 0 Å². The molecule has 3 amide bonds. The molecule has 0 saturated carbocycles. The molecular formula is C15H26N4O7. The number of hydrogen-bond donors (Lipinski definition) is 6. The Morgan fingerprint density at radius 1 is 0.962 bits per heavy atom. The van der Waals surface area contributed by atoms with Crippen LogP contribution in [0.5, 0.6) is 0 Å². The van der Waals surface area contributed by atoms with Gasteiger partial charge in [0.2, 0.25) is 17.7 Å². The first kappa shape index (κ1) is 23.3. The van der Waals surface area contributed by atoms with Crippen molar-refractivity contribution in [1.29, 1.82) is 0 Å². The largest absolute Gasteiger partial charge is 0.481 e. The van der Waals surface area contributed by atoms with Gasteiger partial charge in [0.25, 0.3) is 0 Å². The van der Waals surface area contributed by atoms with Crippen LogP contribution in [-0.4, -0.2) is 64.5 Å². The number of carboxylic acids is 2. The van der Waals surface area contributed by atoms with E-state index in [0.717, 1.165) is 0 Å². The minimum Gasteiger partial charge on any atom is -0.481 e. The van der Waals surface area contributed by atoms with E-state index in [1.165, 1.54) is 6.92 Å². The summed E-state index contributed by atoms with van der Waals surface area (Å²) in [4.78, 5) is 57.1. The Morgan fingerprint density at radius 3 is 2.00 bits per heavy atom. The monoisotopic (exact) mass is 374 g/mol. The number of aliphatic carboxylic acids is 2. The smallest absolute Gasteiger partial charge is 0.325 e. The van der Waals surface area contributed by atoms with Crippen molar-refractivity contribution in [3.63, 3.8) is 0 Å². The summed E-state index contributed by atoms with van der Waals surface area (Å²) in [6.45, 7) is 4.38. The molecule has 0 aliphatic carbocycles. The zero-order valence-electron chi connectivity index (χ0n) is 14.9. The van der Waals surface area contributed by atoms with Crippen LogP contribution in [0.3, 0.4) is 0 Å². The third kappa shape index (κ3) is 9.57. The van der Waals surface area contributed by atoms with Crippen LogP contribution in [0.25, 0.3) is 0 Å². The quantitative estimate of drug-likeness (QED) is 0.240. The van der Waals surface area contributed by atoms with Gasteiger partial charge in [-0.2, -0.15) is 0 Å². The minimum atomic E-state index is -1.41. The molecule has 11 nitrogen and oxygen atoms in total. The first-order chi connectivity index (χ1) is 11.9. The zero-order valence-corrected chi connectivity index (χ0v) is 14.9. The number of nitrogens with one attached hydrogen (secondary N) is 3. The van der Waals surface area contributed by atoms with Crippen LogP contribution in [0.1, 0.15) is 33.6 Å². The lowest BCUT2D eigenvalue weighted by Crippen LogP contribution is -2.54. The highest BCUT2D eigenvalue weighted by Crippen LogP contribution is 2.03. The molecule has 0 aromatic carbocycles. The Morgan fingerprint density at radius 2 is 1.54 bits per heavy atom. The number of carboxylic acid groups (broad SMARTS) is 2. The summed E-state index contributed by atoms with van der Waals surface area (Å²) >= 11 is 0. The van der Waals surface area contributed by atoms with Gasteiger partial charge >= 0.3 is 11.9 Å². The van der Waals surface area contributed by atoms with Gasteiger partial charge in [0, 0.05) is 0 Å². The number of amides is 3. The zero-order chi connectivity index (χ0) is 20.4. The van der Waals surface area contributed by atoms with Gasteiger partial charge in [0.05, 0.1) is 19.0 Å². The molecule has 7 N–H and O–H groups in total. The average Bonchev–Trinajstić information content (AvgIpc) is 2.50. The molecule has 0 aliphatic heterocycles. The summed E-state index contributed by atoms with van der Waals surface area (Å²) in [5.41, 5.74) is 5.69. The van der Waals surface area contributed by atoms with Crippen LogP contribution in [0, 0.1) is 5.92 Å². The first-order valence-electron chi connectivity index (χ1n) is 8.01. The summed E-state index contributed by atoms with van der Waals surface area (Å²) in [5, 5.41) is 24.1. The van der Waals surface area contributed by atoms with Crippen molar-refractivity contribution < 1.29 is 34.2 Å². The van der Waals surface area contributed by atoms with Crippen LogP contribution >= 0.6 is 0 Å². The fourth-order valence-corrected chi connectivity index (χ4v) is 1.92. The Hall–Kier alpha value is -2.69. The van der Waals surface area contributed by atoms with Crippen LogP contribution in [0.4, 0.5) is 0 Å². The molecule has 0 radical (unpaired) electrons. The van der Waals surface area contributed by atoms with E-state index in [-0.39, 0.29) is 5.92 Å². The summed E-state index contributed by atoms with van der Waals surface area (Å²) < 4.78 is 0. The van der Waals surface area contributed by atoms with Crippen molar-refractivity contribution >= 4 is 29.7 Å². The molecule has 3 atom stereocenters. The maximum atomic E-state index is 12.1. The highest BCUT2D eigenvalue weighted by atomic mass is 16.4. The predicted molar refractivity (Wildman–Crippen MR) is 89.9 cm³/mol. The number of hydrogen-bond acceptors (Lipinski definition) is 6. The number of carbonyl (C=O) groups excluding carboxylic acids is 3. The average molecular weight is 374 g/mol. The maximum absolute atomic E-state index is 12.1.